The average molecular weight is 285 g/mol. The second kappa shape index (κ2) is 5.60. The third kappa shape index (κ3) is 2.48. The monoisotopic (exact) mass is 285 g/mol. The van der Waals surface area contributed by atoms with Crippen molar-refractivity contribution in [3.05, 3.63) is 30.1 Å². The number of rotatable bonds is 4. The van der Waals surface area contributed by atoms with Crippen molar-refractivity contribution in [2.75, 3.05) is 6.54 Å². The van der Waals surface area contributed by atoms with Gasteiger partial charge in [0.15, 0.2) is 0 Å². The molecule has 1 heterocycles. The first-order valence-electron chi connectivity index (χ1n) is 7.80. The van der Waals surface area contributed by atoms with Crippen LogP contribution in [-0.2, 0) is 18.3 Å². The molecule has 1 aliphatic carbocycles. The van der Waals surface area contributed by atoms with E-state index in [4.69, 9.17) is 5.73 Å². The van der Waals surface area contributed by atoms with E-state index in [0.717, 1.165) is 42.5 Å². The van der Waals surface area contributed by atoms with Crippen LogP contribution in [-0.4, -0.2) is 21.9 Å². The lowest BCUT2D eigenvalue weighted by Gasteiger charge is -2.34. The Morgan fingerprint density at radius 2 is 2.00 bits per heavy atom. The van der Waals surface area contributed by atoms with Crippen LogP contribution in [0.1, 0.15) is 37.9 Å². The van der Waals surface area contributed by atoms with E-state index in [1.807, 2.05) is 35.9 Å². The summed E-state index contributed by atoms with van der Waals surface area (Å²) < 4.78 is 2.03. The van der Waals surface area contributed by atoms with Gasteiger partial charge in [0.1, 0.15) is 11.6 Å². The third-order valence-corrected chi connectivity index (χ3v) is 4.99. The molecule has 1 aromatic carbocycles. The van der Waals surface area contributed by atoms with Crippen molar-refractivity contribution in [2.45, 2.75) is 38.5 Å². The Kier molecular flexibility index (Phi) is 3.81. The van der Waals surface area contributed by atoms with Crippen LogP contribution < -0.4 is 5.73 Å². The molecule has 1 saturated carbocycles. The number of para-hydroxylation sites is 2. The molecule has 0 amide bonds. The van der Waals surface area contributed by atoms with E-state index >= 15 is 0 Å². The number of fused-ring (bicyclic) bond motifs is 1. The summed E-state index contributed by atoms with van der Waals surface area (Å²) in [7, 11) is 1.98. The third-order valence-electron chi connectivity index (χ3n) is 4.99. The van der Waals surface area contributed by atoms with Gasteiger partial charge in [-0.05, 0) is 25.0 Å². The molecule has 0 aliphatic heterocycles. The van der Waals surface area contributed by atoms with Crippen LogP contribution in [0.25, 0.3) is 11.0 Å². The Hall–Kier alpha value is -1.68. The fraction of sp³-hybridized carbons (Fsp3) is 0.529. The smallest absolute Gasteiger partial charge is 0.147 e. The minimum atomic E-state index is -0.309. The van der Waals surface area contributed by atoms with E-state index in [9.17, 15) is 4.79 Å². The predicted molar refractivity (Wildman–Crippen MR) is 84.0 cm³/mol. The molecule has 0 saturated heterocycles. The van der Waals surface area contributed by atoms with Gasteiger partial charge in [0.2, 0.25) is 0 Å². The van der Waals surface area contributed by atoms with E-state index in [1.54, 1.807) is 0 Å². The maximum absolute atomic E-state index is 12.8. The molecule has 0 bridgehead atoms. The highest BCUT2D eigenvalue weighted by atomic mass is 16.1. The first-order chi connectivity index (χ1) is 10.2. The largest absolute Gasteiger partial charge is 0.331 e. The number of ketones is 1. The number of hydrogen-bond donors (Lipinski definition) is 1. The number of Topliss-reactive ketones (excluding diaryl/α,β-unsaturated/α-hetero) is 1. The molecule has 1 aliphatic rings. The molecular weight excluding hydrogens is 262 g/mol. The average Bonchev–Trinajstić information content (AvgIpc) is 2.84. The summed E-state index contributed by atoms with van der Waals surface area (Å²) in [5.41, 5.74) is 7.68. The van der Waals surface area contributed by atoms with Gasteiger partial charge >= 0.3 is 0 Å². The van der Waals surface area contributed by atoms with E-state index in [-0.39, 0.29) is 11.2 Å². The van der Waals surface area contributed by atoms with Crippen LogP contribution in [0.5, 0.6) is 0 Å². The number of aromatic nitrogens is 2. The van der Waals surface area contributed by atoms with Crippen LogP contribution in [0.4, 0.5) is 0 Å². The molecule has 112 valence electrons. The highest BCUT2D eigenvalue weighted by Gasteiger charge is 2.38. The van der Waals surface area contributed by atoms with E-state index < -0.39 is 0 Å². The summed E-state index contributed by atoms with van der Waals surface area (Å²) in [6.07, 6.45) is 5.72. The standard InChI is InChI=1S/C17H23N3O/c1-20-14-8-4-3-7-13(14)19-16(20)11-15(21)17(12-18)9-5-2-6-10-17/h3-4,7-8H,2,5-6,9-12,18H2,1H3. The SMILES string of the molecule is Cn1c(CC(=O)C2(CN)CCCCC2)nc2ccccc21. The maximum Gasteiger partial charge on any atom is 0.147 e. The quantitative estimate of drug-likeness (QED) is 0.939. The van der Waals surface area contributed by atoms with Gasteiger partial charge in [-0.25, -0.2) is 4.98 Å². The number of nitrogens with zero attached hydrogens (tertiary/aromatic N) is 2. The van der Waals surface area contributed by atoms with Gasteiger partial charge in [0.05, 0.1) is 17.5 Å². The van der Waals surface area contributed by atoms with E-state index in [0.29, 0.717) is 13.0 Å². The fourth-order valence-electron chi connectivity index (χ4n) is 3.51. The Balaban J connectivity index is 1.87. The van der Waals surface area contributed by atoms with Gasteiger partial charge in [-0.2, -0.15) is 0 Å². The van der Waals surface area contributed by atoms with Crippen molar-refractivity contribution in [1.82, 2.24) is 9.55 Å². The van der Waals surface area contributed by atoms with Crippen molar-refractivity contribution >= 4 is 16.8 Å². The molecule has 1 fully saturated rings. The number of imidazole rings is 1. The molecule has 2 aromatic rings. The lowest BCUT2D eigenvalue weighted by Crippen LogP contribution is -2.41. The summed E-state index contributed by atoms with van der Waals surface area (Å²) in [6, 6.07) is 8.00. The van der Waals surface area contributed by atoms with Crippen molar-refractivity contribution in [3.8, 4) is 0 Å². The Morgan fingerprint density at radius 3 is 2.67 bits per heavy atom. The molecule has 3 rings (SSSR count). The van der Waals surface area contributed by atoms with Crippen LogP contribution in [0, 0.1) is 5.41 Å². The van der Waals surface area contributed by atoms with Gasteiger partial charge in [0.25, 0.3) is 0 Å². The second-order valence-electron chi connectivity index (χ2n) is 6.22. The molecule has 0 unspecified atom stereocenters. The zero-order valence-electron chi connectivity index (χ0n) is 12.6. The number of hydrogen-bond acceptors (Lipinski definition) is 3. The molecule has 0 spiro atoms. The minimum Gasteiger partial charge on any atom is -0.331 e. The van der Waals surface area contributed by atoms with Crippen LogP contribution in [0.2, 0.25) is 0 Å². The van der Waals surface area contributed by atoms with Gasteiger partial charge in [-0.1, -0.05) is 31.4 Å². The van der Waals surface area contributed by atoms with Gasteiger partial charge in [0, 0.05) is 19.0 Å². The number of benzene rings is 1. The zero-order valence-corrected chi connectivity index (χ0v) is 12.6. The van der Waals surface area contributed by atoms with Crippen molar-refractivity contribution in [1.29, 1.82) is 0 Å². The summed E-state index contributed by atoms with van der Waals surface area (Å²) in [4.78, 5) is 17.4. The van der Waals surface area contributed by atoms with Crippen LogP contribution >= 0.6 is 0 Å². The minimum absolute atomic E-state index is 0.267. The zero-order chi connectivity index (χ0) is 14.9. The highest BCUT2D eigenvalue weighted by molar-refractivity contribution is 5.87. The lowest BCUT2D eigenvalue weighted by atomic mass is 9.70. The first kappa shape index (κ1) is 14.3. The summed E-state index contributed by atoms with van der Waals surface area (Å²) in [5.74, 6) is 1.11. The molecule has 2 N–H and O–H groups in total. The Bertz CT molecular complexity index is 653. The first-order valence-corrected chi connectivity index (χ1v) is 7.80. The van der Waals surface area contributed by atoms with Crippen LogP contribution in [0.3, 0.4) is 0 Å². The highest BCUT2D eigenvalue weighted by Crippen LogP contribution is 2.37. The topological polar surface area (TPSA) is 60.9 Å². The molecule has 21 heavy (non-hydrogen) atoms. The summed E-state index contributed by atoms with van der Waals surface area (Å²) in [6.45, 7) is 0.468. The van der Waals surface area contributed by atoms with E-state index in [2.05, 4.69) is 4.98 Å². The number of nitrogens with two attached hydrogens (primary N) is 1. The second-order valence-corrected chi connectivity index (χ2v) is 6.22. The van der Waals surface area contributed by atoms with E-state index in [1.165, 1.54) is 6.42 Å². The Labute approximate surface area is 125 Å². The molecule has 0 atom stereocenters. The number of carbonyl (C=O) groups is 1. The summed E-state index contributed by atoms with van der Waals surface area (Å²) >= 11 is 0. The normalized spacial score (nSPS) is 18.0. The molecule has 4 nitrogen and oxygen atoms in total. The fourth-order valence-corrected chi connectivity index (χ4v) is 3.51. The van der Waals surface area contributed by atoms with Crippen LogP contribution in [0.15, 0.2) is 24.3 Å². The predicted octanol–water partition coefficient (Wildman–Crippen LogP) is 2.59. The molecule has 1 aromatic heterocycles. The van der Waals surface area contributed by atoms with Crippen molar-refractivity contribution in [3.63, 3.8) is 0 Å². The maximum atomic E-state index is 12.8. The van der Waals surface area contributed by atoms with Gasteiger partial charge in [-0.3, -0.25) is 4.79 Å². The lowest BCUT2D eigenvalue weighted by molar-refractivity contribution is -0.129. The van der Waals surface area contributed by atoms with Crippen molar-refractivity contribution < 1.29 is 4.79 Å². The Morgan fingerprint density at radius 1 is 1.29 bits per heavy atom. The number of aryl methyl sites for hydroxylation is 1. The number of carbonyl (C=O) groups excluding carboxylic acids is 1. The van der Waals surface area contributed by atoms with Gasteiger partial charge in [-0.15, -0.1) is 0 Å². The molecule has 4 heteroatoms. The molecule has 0 radical (unpaired) electrons. The molecular formula is C17H23N3O. The van der Waals surface area contributed by atoms with Gasteiger partial charge < -0.3 is 10.3 Å². The summed E-state index contributed by atoms with van der Waals surface area (Å²) in [5, 5.41) is 0. The van der Waals surface area contributed by atoms with Crippen molar-refractivity contribution in [2.24, 2.45) is 18.2 Å².